The number of nitrogens with zero attached hydrogens (tertiary/aromatic N) is 2. The van der Waals surface area contributed by atoms with E-state index in [2.05, 4.69) is 91.3 Å². The van der Waals surface area contributed by atoms with Crippen molar-refractivity contribution in [3.8, 4) is 0 Å². The lowest BCUT2D eigenvalue weighted by Crippen LogP contribution is -2.40. The zero-order chi connectivity index (χ0) is 22.9. The minimum Gasteiger partial charge on any atom is -0.379 e. The molecule has 0 aliphatic carbocycles. The molecule has 1 fully saturated rings. The number of morpholine rings is 1. The van der Waals surface area contributed by atoms with Gasteiger partial charge in [-0.3, -0.25) is 4.90 Å². The molecule has 1 heterocycles. The van der Waals surface area contributed by atoms with Crippen LogP contribution in [0.3, 0.4) is 0 Å². The number of anilines is 1. The highest BCUT2D eigenvalue weighted by molar-refractivity contribution is 7.80. The molecule has 0 spiro atoms. The van der Waals surface area contributed by atoms with Crippen molar-refractivity contribution in [2.45, 2.75) is 52.5 Å². The van der Waals surface area contributed by atoms with Gasteiger partial charge in [-0.05, 0) is 59.3 Å². The van der Waals surface area contributed by atoms with Crippen molar-refractivity contribution >= 4 is 23.0 Å². The summed E-state index contributed by atoms with van der Waals surface area (Å²) in [6.45, 7) is 15.5. The Labute approximate surface area is 199 Å². The minimum absolute atomic E-state index is 0.529. The van der Waals surface area contributed by atoms with Crippen LogP contribution in [-0.4, -0.2) is 54.3 Å². The van der Waals surface area contributed by atoms with Crippen molar-refractivity contribution in [3.63, 3.8) is 0 Å². The molecule has 0 saturated carbocycles. The summed E-state index contributed by atoms with van der Waals surface area (Å²) in [7, 11) is 0. The van der Waals surface area contributed by atoms with Crippen LogP contribution in [-0.2, 0) is 11.3 Å². The fraction of sp³-hybridized carbons (Fsp3) is 0.519. The van der Waals surface area contributed by atoms with Crippen LogP contribution in [0.15, 0.2) is 48.5 Å². The molecular formula is C27H39N3OS. The first-order valence-electron chi connectivity index (χ1n) is 12.0. The van der Waals surface area contributed by atoms with Crippen molar-refractivity contribution in [1.82, 2.24) is 9.80 Å². The van der Waals surface area contributed by atoms with Crippen LogP contribution >= 0.6 is 12.2 Å². The molecule has 32 heavy (non-hydrogen) atoms. The second kappa shape index (κ2) is 12.3. The van der Waals surface area contributed by atoms with Gasteiger partial charge in [0.15, 0.2) is 5.11 Å². The number of nitrogens with one attached hydrogen (secondary N) is 1. The monoisotopic (exact) mass is 453 g/mol. The topological polar surface area (TPSA) is 27.7 Å². The molecule has 0 aromatic heterocycles. The SMILES string of the molecule is CC(C)c1ccc(CN(CCCN2CCOCC2)C(=S)Nc2ccc(C(C)C)cc2)cc1. The van der Waals surface area contributed by atoms with Gasteiger partial charge in [0, 0.05) is 38.4 Å². The Bertz CT molecular complexity index is 827. The second-order valence-corrected chi connectivity index (χ2v) is 9.72. The number of ether oxygens (including phenoxy) is 1. The van der Waals surface area contributed by atoms with Crippen LogP contribution in [0.1, 0.15) is 62.6 Å². The normalized spacial score (nSPS) is 14.7. The van der Waals surface area contributed by atoms with Crippen molar-refractivity contribution < 1.29 is 4.74 Å². The standard InChI is InChI=1S/C27H39N3OS/c1-21(2)24-8-6-23(7-9-24)20-30(15-5-14-29-16-18-31-19-17-29)27(32)28-26-12-10-25(11-13-26)22(3)4/h6-13,21-22H,5,14-20H2,1-4H3,(H,28,32). The molecule has 1 saturated heterocycles. The Morgan fingerprint density at radius 1 is 0.938 bits per heavy atom. The van der Waals surface area contributed by atoms with Gasteiger partial charge in [-0.2, -0.15) is 0 Å². The third kappa shape index (κ3) is 7.58. The molecule has 0 atom stereocenters. The quantitative estimate of drug-likeness (QED) is 0.481. The lowest BCUT2D eigenvalue weighted by molar-refractivity contribution is 0.0368. The van der Waals surface area contributed by atoms with Gasteiger partial charge < -0.3 is 15.0 Å². The maximum absolute atomic E-state index is 5.86. The molecule has 2 aromatic rings. The third-order valence-electron chi connectivity index (χ3n) is 6.14. The van der Waals surface area contributed by atoms with Gasteiger partial charge in [0.2, 0.25) is 0 Å². The number of thiocarbonyl (C=S) groups is 1. The van der Waals surface area contributed by atoms with Crippen molar-refractivity contribution in [2.75, 3.05) is 44.7 Å². The molecule has 0 bridgehead atoms. The summed E-state index contributed by atoms with van der Waals surface area (Å²) in [6, 6.07) is 17.6. The maximum atomic E-state index is 5.86. The van der Waals surface area contributed by atoms with Gasteiger partial charge in [0.25, 0.3) is 0 Å². The highest BCUT2D eigenvalue weighted by Gasteiger charge is 2.14. The van der Waals surface area contributed by atoms with Gasteiger partial charge >= 0.3 is 0 Å². The van der Waals surface area contributed by atoms with E-state index in [4.69, 9.17) is 17.0 Å². The highest BCUT2D eigenvalue weighted by atomic mass is 32.1. The summed E-state index contributed by atoms with van der Waals surface area (Å²) in [4.78, 5) is 4.79. The minimum atomic E-state index is 0.529. The van der Waals surface area contributed by atoms with E-state index in [1.807, 2.05) is 0 Å². The van der Waals surface area contributed by atoms with Gasteiger partial charge in [0.1, 0.15) is 0 Å². The molecule has 4 nitrogen and oxygen atoms in total. The van der Waals surface area contributed by atoms with Crippen LogP contribution in [0.5, 0.6) is 0 Å². The molecule has 0 unspecified atom stereocenters. The van der Waals surface area contributed by atoms with Crippen LogP contribution in [0.25, 0.3) is 0 Å². The zero-order valence-corrected chi connectivity index (χ0v) is 21.0. The van der Waals surface area contributed by atoms with E-state index in [1.54, 1.807) is 0 Å². The van der Waals surface area contributed by atoms with E-state index in [0.717, 1.165) is 63.2 Å². The lowest BCUT2D eigenvalue weighted by Gasteiger charge is -2.30. The second-order valence-electron chi connectivity index (χ2n) is 9.33. The first-order valence-corrected chi connectivity index (χ1v) is 12.4. The van der Waals surface area contributed by atoms with Crippen molar-refractivity contribution in [3.05, 3.63) is 65.2 Å². The predicted octanol–water partition coefficient (Wildman–Crippen LogP) is 5.85. The summed E-state index contributed by atoms with van der Waals surface area (Å²) in [5.74, 6) is 1.08. The third-order valence-corrected chi connectivity index (χ3v) is 6.50. The van der Waals surface area contributed by atoms with Crippen LogP contribution < -0.4 is 5.32 Å². The molecule has 1 aliphatic rings. The highest BCUT2D eigenvalue weighted by Crippen LogP contribution is 2.19. The first-order chi connectivity index (χ1) is 15.4. The maximum Gasteiger partial charge on any atom is 0.173 e. The first kappa shape index (κ1) is 24.7. The average Bonchev–Trinajstić information content (AvgIpc) is 2.79. The lowest BCUT2D eigenvalue weighted by atomic mass is 10.0. The number of benzene rings is 2. The van der Waals surface area contributed by atoms with E-state index in [0.29, 0.717) is 11.8 Å². The molecule has 1 aliphatic heterocycles. The van der Waals surface area contributed by atoms with Crippen LogP contribution in [0.4, 0.5) is 5.69 Å². The van der Waals surface area contributed by atoms with E-state index in [9.17, 15) is 0 Å². The Hall–Kier alpha value is -1.95. The summed E-state index contributed by atoms with van der Waals surface area (Å²) in [6.07, 6.45) is 1.08. The van der Waals surface area contributed by atoms with Crippen molar-refractivity contribution in [2.24, 2.45) is 0 Å². The molecule has 1 N–H and O–H groups in total. The molecule has 3 rings (SSSR count). The smallest absolute Gasteiger partial charge is 0.173 e. The summed E-state index contributed by atoms with van der Waals surface area (Å²) < 4.78 is 5.48. The van der Waals surface area contributed by atoms with E-state index in [-0.39, 0.29) is 0 Å². The average molecular weight is 454 g/mol. The fourth-order valence-electron chi connectivity index (χ4n) is 3.94. The molecular weight excluding hydrogens is 414 g/mol. The molecule has 5 heteroatoms. The van der Waals surface area contributed by atoms with Crippen LogP contribution in [0, 0.1) is 0 Å². The Morgan fingerprint density at radius 2 is 1.50 bits per heavy atom. The number of hydrogen-bond acceptors (Lipinski definition) is 3. The van der Waals surface area contributed by atoms with E-state index < -0.39 is 0 Å². The molecule has 0 radical (unpaired) electrons. The zero-order valence-electron chi connectivity index (χ0n) is 20.1. The summed E-state index contributed by atoms with van der Waals surface area (Å²) >= 11 is 5.86. The van der Waals surface area contributed by atoms with E-state index in [1.165, 1.54) is 16.7 Å². The van der Waals surface area contributed by atoms with Crippen LogP contribution in [0.2, 0.25) is 0 Å². The van der Waals surface area contributed by atoms with Gasteiger partial charge in [-0.1, -0.05) is 64.1 Å². The van der Waals surface area contributed by atoms with Gasteiger partial charge in [-0.25, -0.2) is 0 Å². The Kier molecular flexibility index (Phi) is 9.51. The number of hydrogen-bond donors (Lipinski definition) is 1. The van der Waals surface area contributed by atoms with Gasteiger partial charge in [-0.15, -0.1) is 0 Å². The largest absolute Gasteiger partial charge is 0.379 e. The molecule has 0 amide bonds. The number of rotatable bonds is 9. The molecule has 2 aromatic carbocycles. The summed E-state index contributed by atoms with van der Waals surface area (Å²) in [5.41, 5.74) is 5.06. The fourth-order valence-corrected chi connectivity index (χ4v) is 4.22. The van der Waals surface area contributed by atoms with Crippen molar-refractivity contribution in [1.29, 1.82) is 0 Å². The molecule has 174 valence electrons. The predicted molar refractivity (Wildman–Crippen MR) is 140 cm³/mol. The van der Waals surface area contributed by atoms with E-state index >= 15 is 0 Å². The summed E-state index contributed by atoms with van der Waals surface area (Å²) in [5, 5.41) is 4.26. The Morgan fingerprint density at radius 3 is 2.06 bits per heavy atom. The van der Waals surface area contributed by atoms with Gasteiger partial charge in [0.05, 0.1) is 13.2 Å². The Balaban J connectivity index is 1.64.